The van der Waals surface area contributed by atoms with E-state index in [1.807, 2.05) is 6.92 Å². The topological polar surface area (TPSA) is 75.3 Å². The Morgan fingerprint density at radius 2 is 1.90 bits per heavy atom. The van der Waals surface area contributed by atoms with Crippen LogP contribution in [0.1, 0.15) is 33.1 Å². The Morgan fingerprint density at radius 1 is 1.25 bits per heavy atom. The van der Waals surface area contributed by atoms with Gasteiger partial charge in [-0.25, -0.2) is 13.1 Å². The lowest BCUT2D eigenvalue weighted by molar-refractivity contribution is -0.121. The van der Waals surface area contributed by atoms with Crippen molar-refractivity contribution in [1.82, 2.24) is 10.0 Å². The maximum Gasteiger partial charge on any atom is 0.240 e. The molecule has 0 aromatic heterocycles. The summed E-state index contributed by atoms with van der Waals surface area (Å²) in [6.07, 6.45) is 2.06. The first-order chi connectivity index (χ1) is 9.45. The Kier molecular flexibility index (Phi) is 6.67. The number of carbonyl (C=O) groups excluding carboxylic acids is 1. The fraction of sp³-hybridized carbons (Fsp3) is 0.500. The van der Waals surface area contributed by atoms with E-state index in [0.29, 0.717) is 0 Å². The molecule has 5 nitrogen and oxygen atoms in total. The molecule has 0 bridgehead atoms. The summed E-state index contributed by atoms with van der Waals surface area (Å²) in [5.74, 6) is -0.137. The average Bonchev–Trinajstić information content (AvgIpc) is 2.39. The number of nitrogens with one attached hydrogen (secondary N) is 2. The second-order valence-electron chi connectivity index (χ2n) is 4.72. The van der Waals surface area contributed by atoms with Crippen LogP contribution in [0.25, 0.3) is 0 Å². The minimum Gasteiger partial charge on any atom is -0.354 e. The maximum atomic E-state index is 11.9. The molecule has 0 aliphatic heterocycles. The first-order valence-electron chi connectivity index (χ1n) is 6.79. The number of benzene rings is 1. The van der Waals surface area contributed by atoms with Gasteiger partial charge in [0.2, 0.25) is 15.9 Å². The van der Waals surface area contributed by atoms with Gasteiger partial charge < -0.3 is 5.32 Å². The predicted molar refractivity (Wildman–Crippen MR) is 78.8 cm³/mol. The monoisotopic (exact) mass is 298 g/mol. The van der Waals surface area contributed by atoms with Gasteiger partial charge >= 0.3 is 0 Å². The summed E-state index contributed by atoms with van der Waals surface area (Å²) in [5.41, 5.74) is 0. The molecule has 2 N–H and O–H groups in total. The fourth-order valence-corrected chi connectivity index (χ4v) is 2.89. The van der Waals surface area contributed by atoms with E-state index >= 15 is 0 Å². The maximum absolute atomic E-state index is 11.9. The second-order valence-corrected chi connectivity index (χ2v) is 6.49. The van der Waals surface area contributed by atoms with E-state index in [9.17, 15) is 13.2 Å². The molecule has 1 amide bonds. The summed E-state index contributed by atoms with van der Waals surface area (Å²) < 4.78 is 26.2. The van der Waals surface area contributed by atoms with Crippen LogP contribution in [0.5, 0.6) is 0 Å². The van der Waals surface area contributed by atoms with Crippen LogP contribution in [0.4, 0.5) is 0 Å². The molecule has 20 heavy (non-hydrogen) atoms. The molecule has 1 aromatic carbocycles. The molecular formula is C14H22N2O3S. The van der Waals surface area contributed by atoms with E-state index in [0.717, 1.165) is 12.8 Å². The zero-order valence-corrected chi connectivity index (χ0v) is 12.7. The van der Waals surface area contributed by atoms with Crippen molar-refractivity contribution in [3.63, 3.8) is 0 Å². The summed E-state index contributed by atoms with van der Waals surface area (Å²) in [6, 6.07) is 8.23. The molecular weight excluding hydrogens is 276 g/mol. The Morgan fingerprint density at radius 3 is 2.50 bits per heavy atom. The first-order valence-corrected chi connectivity index (χ1v) is 8.28. The number of rotatable bonds is 8. The van der Waals surface area contributed by atoms with Crippen LogP contribution in [0, 0.1) is 0 Å². The molecule has 1 rings (SSSR count). The van der Waals surface area contributed by atoms with E-state index in [1.54, 1.807) is 18.2 Å². The van der Waals surface area contributed by atoms with Crippen molar-refractivity contribution in [3.8, 4) is 0 Å². The molecule has 0 aliphatic rings. The molecule has 0 aliphatic carbocycles. The van der Waals surface area contributed by atoms with E-state index in [2.05, 4.69) is 17.0 Å². The largest absolute Gasteiger partial charge is 0.354 e. The van der Waals surface area contributed by atoms with Crippen LogP contribution in [-0.2, 0) is 14.8 Å². The van der Waals surface area contributed by atoms with E-state index in [-0.39, 0.29) is 29.8 Å². The van der Waals surface area contributed by atoms with Crippen molar-refractivity contribution in [2.24, 2.45) is 0 Å². The van der Waals surface area contributed by atoms with Crippen LogP contribution in [-0.4, -0.2) is 26.9 Å². The molecule has 0 spiro atoms. The first kappa shape index (κ1) is 16.7. The number of hydrogen-bond donors (Lipinski definition) is 2. The van der Waals surface area contributed by atoms with Crippen LogP contribution >= 0.6 is 0 Å². The fourth-order valence-electron chi connectivity index (χ4n) is 1.83. The minimum absolute atomic E-state index is 0.0991. The van der Waals surface area contributed by atoms with Crippen molar-refractivity contribution in [1.29, 1.82) is 0 Å². The molecule has 0 fully saturated rings. The molecule has 112 valence electrons. The van der Waals surface area contributed by atoms with E-state index in [1.165, 1.54) is 12.1 Å². The molecule has 0 radical (unpaired) electrons. The number of amides is 1. The van der Waals surface area contributed by atoms with Gasteiger partial charge in [-0.3, -0.25) is 4.79 Å². The van der Waals surface area contributed by atoms with Crippen molar-refractivity contribution in [3.05, 3.63) is 30.3 Å². The third kappa shape index (κ3) is 5.71. The van der Waals surface area contributed by atoms with Gasteiger partial charge in [-0.1, -0.05) is 31.5 Å². The summed E-state index contributed by atoms with van der Waals surface area (Å²) in [5, 5.41) is 2.83. The smallest absolute Gasteiger partial charge is 0.240 e. The summed E-state index contributed by atoms with van der Waals surface area (Å²) in [4.78, 5) is 11.8. The Bertz CT molecular complexity index is 514. The number of sulfonamides is 1. The number of carbonyl (C=O) groups is 1. The Hall–Kier alpha value is -1.40. The van der Waals surface area contributed by atoms with Gasteiger partial charge in [0.05, 0.1) is 4.90 Å². The lowest BCUT2D eigenvalue weighted by Crippen LogP contribution is -2.35. The quantitative estimate of drug-likeness (QED) is 0.766. The minimum atomic E-state index is -3.52. The normalized spacial score (nSPS) is 12.9. The molecule has 0 saturated heterocycles. The second kappa shape index (κ2) is 8.01. The standard InChI is InChI=1S/C14H22N2O3S/c1-3-7-12(2)16-14(17)10-11-15-20(18,19)13-8-5-4-6-9-13/h4-6,8-9,12,15H,3,7,10-11H2,1-2H3,(H,16,17)/t12-/m0/s1. The van der Waals surface area contributed by atoms with Crippen molar-refractivity contribution in [2.75, 3.05) is 6.54 Å². The lowest BCUT2D eigenvalue weighted by Gasteiger charge is -2.12. The van der Waals surface area contributed by atoms with Gasteiger partial charge in [0.1, 0.15) is 0 Å². The van der Waals surface area contributed by atoms with Gasteiger partial charge in [-0.2, -0.15) is 0 Å². The van der Waals surface area contributed by atoms with Gasteiger partial charge in [0.15, 0.2) is 0 Å². The highest BCUT2D eigenvalue weighted by atomic mass is 32.2. The van der Waals surface area contributed by atoms with Crippen molar-refractivity contribution in [2.45, 2.75) is 44.0 Å². The SMILES string of the molecule is CCC[C@H](C)NC(=O)CCNS(=O)(=O)c1ccccc1. The van der Waals surface area contributed by atoms with Crippen LogP contribution < -0.4 is 10.0 Å². The van der Waals surface area contributed by atoms with Gasteiger partial charge in [-0.15, -0.1) is 0 Å². The Labute approximate surface area is 120 Å². The van der Waals surface area contributed by atoms with E-state index in [4.69, 9.17) is 0 Å². The summed E-state index contributed by atoms with van der Waals surface area (Å²) in [6.45, 7) is 4.09. The van der Waals surface area contributed by atoms with Crippen molar-refractivity contribution < 1.29 is 13.2 Å². The highest BCUT2D eigenvalue weighted by molar-refractivity contribution is 7.89. The molecule has 0 heterocycles. The highest BCUT2D eigenvalue weighted by Crippen LogP contribution is 2.06. The van der Waals surface area contributed by atoms with Crippen LogP contribution in [0.2, 0.25) is 0 Å². The third-order valence-corrected chi connectivity index (χ3v) is 4.30. The highest BCUT2D eigenvalue weighted by Gasteiger charge is 2.13. The van der Waals surface area contributed by atoms with Gasteiger partial charge in [-0.05, 0) is 25.5 Å². The van der Waals surface area contributed by atoms with Crippen molar-refractivity contribution >= 4 is 15.9 Å². The molecule has 0 saturated carbocycles. The molecule has 1 atom stereocenters. The molecule has 6 heteroatoms. The third-order valence-electron chi connectivity index (χ3n) is 2.83. The molecule has 0 unspecified atom stereocenters. The van der Waals surface area contributed by atoms with Gasteiger partial charge in [0, 0.05) is 19.0 Å². The predicted octanol–water partition coefficient (Wildman–Crippen LogP) is 1.66. The van der Waals surface area contributed by atoms with E-state index < -0.39 is 10.0 Å². The summed E-state index contributed by atoms with van der Waals surface area (Å²) >= 11 is 0. The molecule has 1 aromatic rings. The summed E-state index contributed by atoms with van der Waals surface area (Å²) in [7, 11) is -3.52. The Balaban J connectivity index is 2.39. The number of hydrogen-bond acceptors (Lipinski definition) is 3. The van der Waals surface area contributed by atoms with Gasteiger partial charge in [0.25, 0.3) is 0 Å². The van der Waals surface area contributed by atoms with Crippen LogP contribution in [0.15, 0.2) is 35.2 Å². The zero-order chi connectivity index (χ0) is 15.0. The van der Waals surface area contributed by atoms with Crippen LogP contribution in [0.3, 0.4) is 0 Å². The average molecular weight is 298 g/mol. The zero-order valence-electron chi connectivity index (χ0n) is 11.9. The lowest BCUT2D eigenvalue weighted by atomic mass is 10.2.